The zero-order chi connectivity index (χ0) is 23.7. The molecule has 0 saturated heterocycles. The van der Waals surface area contributed by atoms with E-state index in [4.69, 9.17) is 5.73 Å². The topological polar surface area (TPSA) is 101 Å². The van der Waals surface area contributed by atoms with Crippen LogP contribution in [0.1, 0.15) is 15.2 Å². The number of thiophene rings is 1. The quantitative estimate of drug-likeness (QED) is 0.273. The minimum Gasteiger partial charge on any atom is -0.397 e. The van der Waals surface area contributed by atoms with Crippen LogP contribution in [-0.4, -0.2) is 39.3 Å². The third-order valence-electron chi connectivity index (χ3n) is 5.10. The van der Waals surface area contributed by atoms with Crippen LogP contribution in [0.5, 0.6) is 0 Å². The second-order valence-corrected chi connectivity index (χ2v) is 10.1. The second-order valence-electron chi connectivity index (χ2n) is 8.00. The smallest absolute Gasteiger partial charge is 0.265 e. The Morgan fingerprint density at radius 2 is 1.94 bits per heavy atom. The van der Waals surface area contributed by atoms with E-state index < -0.39 is 0 Å². The number of anilines is 4. The zero-order valence-electron chi connectivity index (χ0n) is 18.6. The Labute approximate surface area is 204 Å². The Bertz CT molecular complexity index is 1470. The van der Waals surface area contributed by atoms with Gasteiger partial charge in [-0.3, -0.25) is 9.20 Å². The first kappa shape index (κ1) is 22.1. The molecule has 0 radical (unpaired) electrons. The summed E-state index contributed by atoms with van der Waals surface area (Å²) in [6, 6.07) is 15.1. The Hall–Kier alpha value is -3.73. The SMILES string of the molecule is CN(C)Cc1ccn2c(-c3cnc(Nc4ccc(C(=O)Nc5ccccc5N)s4)s3)cnc2c1. The standard InChI is InChI=1S/C24H23N7OS2/c1-30(2)14-15-9-10-31-18(12-26-21(31)11-15)20-13-27-24(34-20)29-22-8-7-19(33-22)23(32)28-17-6-4-3-5-16(17)25/h3-13H,14,25H2,1-2H3,(H,27,29)(H,28,32). The van der Waals surface area contributed by atoms with Gasteiger partial charge in [0.05, 0.1) is 38.0 Å². The number of para-hydroxylation sites is 2. The van der Waals surface area contributed by atoms with Crippen molar-refractivity contribution in [3.63, 3.8) is 0 Å². The van der Waals surface area contributed by atoms with Gasteiger partial charge in [0.1, 0.15) is 5.65 Å². The van der Waals surface area contributed by atoms with Crippen molar-refractivity contribution in [3.8, 4) is 10.6 Å². The van der Waals surface area contributed by atoms with Crippen molar-refractivity contribution in [3.05, 3.63) is 77.6 Å². The van der Waals surface area contributed by atoms with Gasteiger partial charge in [0, 0.05) is 18.9 Å². The lowest BCUT2D eigenvalue weighted by molar-refractivity contribution is 0.103. The molecule has 4 heterocycles. The molecule has 8 nitrogen and oxygen atoms in total. The van der Waals surface area contributed by atoms with Gasteiger partial charge >= 0.3 is 0 Å². The number of carbonyl (C=O) groups is 1. The van der Waals surface area contributed by atoms with Crippen molar-refractivity contribution >= 4 is 55.7 Å². The maximum absolute atomic E-state index is 12.6. The molecule has 1 amide bonds. The molecule has 0 aliphatic carbocycles. The minimum atomic E-state index is -0.199. The van der Waals surface area contributed by atoms with Crippen LogP contribution in [0.25, 0.3) is 16.2 Å². The molecule has 5 rings (SSSR count). The third kappa shape index (κ3) is 4.65. The summed E-state index contributed by atoms with van der Waals surface area (Å²) in [6.07, 6.45) is 5.76. The van der Waals surface area contributed by atoms with Crippen LogP contribution in [0.3, 0.4) is 0 Å². The molecule has 172 valence electrons. The molecular formula is C24H23N7OS2. The van der Waals surface area contributed by atoms with Crippen LogP contribution in [0.2, 0.25) is 0 Å². The Kier molecular flexibility index (Phi) is 6.01. The number of pyridine rings is 1. The highest BCUT2D eigenvalue weighted by Crippen LogP contribution is 2.33. The summed E-state index contributed by atoms with van der Waals surface area (Å²) in [6.45, 7) is 0.868. The van der Waals surface area contributed by atoms with Crippen molar-refractivity contribution < 1.29 is 4.79 Å². The molecule has 4 aromatic heterocycles. The molecule has 0 spiro atoms. The van der Waals surface area contributed by atoms with Crippen LogP contribution >= 0.6 is 22.7 Å². The highest BCUT2D eigenvalue weighted by atomic mass is 32.1. The largest absolute Gasteiger partial charge is 0.397 e. The van der Waals surface area contributed by atoms with Gasteiger partial charge in [-0.1, -0.05) is 23.5 Å². The number of nitrogens with zero attached hydrogens (tertiary/aromatic N) is 4. The molecule has 1 aromatic carbocycles. The fourth-order valence-corrected chi connectivity index (χ4v) is 5.25. The van der Waals surface area contributed by atoms with E-state index in [1.54, 1.807) is 18.2 Å². The van der Waals surface area contributed by atoms with Gasteiger partial charge in [-0.2, -0.15) is 0 Å². The van der Waals surface area contributed by atoms with Crippen molar-refractivity contribution in [1.29, 1.82) is 0 Å². The Morgan fingerprint density at radius 1 is 1.09 bits per heavy atom. The van der Waals surface area contributed by atoms with Gasteiger partial charge in [0.2, 0.25) is 0 Å². The molecule has 34 heavy (non-hydrogen) atoms. The highest BCUT2D eigenvalue weighted by molar-refractivity contribution is 7.20. The fraction of sp³-hybridized carbons (Fsp3) is 0.125. The minimum absolute atomic E-state index is 0.199. The number of hydrogen-bond donors (Lipinski definition) is 3. The van der Waals surface area contributed by atoms with E-state index in [1.165, 1.54) is 28.2 Å². The number of benzene rings is 1. The first-order valence-electron chi connectivity index (χ1n) is 10.6. The lowest BCUT2D eigenvalue weighted by Gasteiger charge is -2.09. The summed E-state index contributed by atoms with van der Waals surface area (Å²) in [5.41, 5.74) is 10.2. The molecule has 0 saturated carbocycles. The molecule has 0 aliphatic rings. The van der Waals surface area contributed by atoms with Gasteiger partial charge in [-0.15, -0.1) is 11.3 Å². The normalized spacial score (nSPS) is 11.3. The summed E-state index contributed by atoms with van der Waals surface area (Å²) in [5.74, 6) is -0.199. The lowest BCUT2D eigenvalue weighted by atomic mass is 10.2. The number of aromatic nitrogens is 3. The summed E-state index contributed by atoms with van der Waals surface area (Å²) in [7, 11) is 4.10. The van der Waals surface area contributed by atoms with E-state index >= 15 is 0 Å². The van der Waals surface area contributed by atoms with E-state index in [-0.39, 0.29) is 5.91 Å². The number of carbonyl (C=O) groups excluding carboxylic acids is 1. The molecule has 0 aliphatic heterocycles. The average Bonchev–Trinajstić information content (AvgIpc) is 3.54. The summed E-state index contributed by atoms with van der Waals surface area (Å²) < 4.78 is 2.07. The average molecular weight is 490 g/mol. The number of nitrogens with one attached hydrogen (secondary N) is 2. The maximum atomic E-state index is 12.6. The number of rotatable bonds is 7. The number of amides is 1. The van der Waals surface area contributed by atoms with Crippen LogP contribution < -0.4 is 16.4 Å². The van der Waals surface area contributed by atoms with Crippen molar-refractivity contribution in [2.45, 2.75) is 6.54 Å². The van der Waals surface area contributed by atoms with Crippen molar-refractivity contribution in [1.82, 2.24) is 19.3 Å². The number of thiazole rings is 1. The third-order valence-corrected chi connectivity index (χ3v) is 7.04. The number of imidazole rings is 1. The first-order valence-corrected chi connectivity index (χ1v) is 12.2. The molecule has 0 bridgehead atoms. The Morgan fingerprint density at radius 3 is 2.76 bits per heavy atom. The van der Waals surface area contributed by atoms with Gasteiger partial charge in [0.15, 0.2) is 5.13 Å². The van der Waals surface area contributed by atoms with Gasteiger partial charge in [-0.05, 0) is 56.1 Å². The van der Waals surface area contributed by atoms with Crippen molar-refractivity contribution in [2.75, 3.05) is 30.5 Å². The first-order chi connectivity index (χ1) is 16.5. The van der Waals surface area contributed by atoms with Crippen molar-refractivity contribution in [2.24, 2.45) is 0 Å². The number of fused-ring (bicyclic) bond motifs is 1. The number of nitrogens with two attached hydrogens (primary N) is 1. The van der Waals surface area contributed by atoms with Crippen LogP contribution in [0, 0.1) is 0 Å². The van der Waals surface area contributed by atoms with E-state index in [2.05, 4.69) is 56.1 Å². The molecule has 5 aromatic rings. The van der Waals surface area contributed by atoms with Gasteiger partial charge < -0.3 is 21.3 Å². The molecule has 4 N–H and O–H groups in total. The summed E-state index contributed by atoms with van der Waals surface area (Å²) in [4.78, 5) is 25.4. The molecule has 0 fully saturated rings. The summed E-state index contributed by atoms with van der Waals surface area (Å²) in [5, 5.41) is 7.73. The van der Waals surface area contributed by atoms with Crippen LogP contribution in [-0.2, 0) is 6.54 Å². The van der Waals surface area contributed by atoms with E-state index in [9.17, 15) is 4.79 Å². The fourth-order valence-electron chi connectivity index (χ4n) is 3.55. The summed E-state index contributed by atoms with van der Waals surface area (Å²) >= 11 is 2.89. The lowest BCUT2D eigenvalue weighted by Crippen LogP contribution is -2.11. The zero-order valence-corrected chi connectivity index (χ0v) is 20.3. The number of nitrogen functional groups attached to an aromatic ring is 1. The van der Waals surface area contributed by atoms with Crippen LogP contribution in [0.4, 0.5) is 21.5 Å². The predicted octanol–water partition coefficient (Wildman–Crippen LogP) is 5.16. The Balaban J connectivity index is 1.29. The van der Waals surface area contributed by atoms with E-state index in [0.29, 0.717) is 16.3 Å². The molecule has 0 atom stereocenters. The monoisotopic (exact) mass is 489 g/mol. The maximum Gasteiger partial charge on any atom is 0.265 e. The molecular weight excluding hydrogens is 466 g/mol. The van der Waals surface area contributed by atoms with Crippen LogP contribution in [0.15, 0.2) is 67.1 Å². The second kappa shape index (κ2) is 9.26. The predicted molar refractivity (Wildman–Crippen MR) is 140 cm³/mol. The molecule has 10 heteroatoms. The van der Waals surface area contributed by atoms with Gasteiger partial charge in [-0.25, -0.2) is 9.97 Å². The van der Waals surface area contributed by atoms with E-state index in [0.717, 1.165) is 32.9 Å². The highest BCUT2D eigenvalue weighted by Gasteiger charge is 2.14. The molecule has 0 unspecified atom stereocenters. The van der Waals surface area contributed by atoms with E-state index in [1.807, 2.05) is 36.8 Å². The number of hydrogen-bond acceptors (Lipinski definition) is 8. The van der Waals surface area contributed by atoms with Gasteiger partial charge in [0.25, 0.3) is 5.91 Å².